The largest absolute Gasteiger partial charge is 0.497 e. The van der Waals surface area contributed by atoms with Crippen molar-refractivity contribution in [3.8, 4) is 11.5 Å². The normalized spacial score (nSPS) is 12.3. The van der Waals surface area contributed by atoms with Crippen LogP contribution in [0, 0.1) is 0 Å². The maximum absolute atomic E-state index is 5.37. The molecule has 1 aromatic carbocycles. The van der Waals surface area contributed by atoms with Crippen molar-refractivity contribution in [1.29, 1.82) is 0 Å². The Morgan fingerprint density at radius 1 is 1.29 bits per heavy atom. The molecule has 0 fully saturated rings. The van der Waals surface area contributed by atoms with Gasteiger partial charge in [-0.3, -0.25) is 11.3 Å². The standard InChI is InChI=1S/C10H16N2O2/c1-7(12-11)9-6-8(13-2)4-5-10(9)14-3/h4-7,12H,11H2,1-3H3/t7-/m1/s1. The molecule has 0 amide bonds. The molecule has 0 aromatic heterocycles. The second-order valence-electron chi connectivity index (χ2n) is 3.00. The third kappa shape index (κ3) is 2.16. The molecule has 4 nitrogen and oxygen atoms in total. The van der Waals surface area contributed by atoms with Gasteiger partial charge in [-0.05, 0) is 25.1 Å². The molecule has 0 radical (unpaired) electrons. The smallest absolute Gasteiger partial charge is 0.123 e. The first-order chi connectivity index (χ1) is 6.72. The van der Waals surface area contributed by atoms with Crippen LogP contribution in [0.5, 0.6) is 11.5 Å². The van der Waals surface area contributed by atoms with Crippen LogP contribution in [0.25, 0.3) is 0 Å². The third-order valence-electron chi connectivity index (χ3n) is 2.15. The maximum Gasteiger partial charge on any atom is 0.123 e. The van der Waals surface area contributed by atoms with Crippen LogP contribution in [0.15, 0.2) is 18.2 Å². The molecule has 1 rings (SSSR count). The summed E-state index contributed by atoms with van der Waals surface area (Å²) in [5.74, 6) is 6.97. The van der Waals surface area contributed by atoms with Gasteiger partial charge in [0.25, 0.3) is 0 Å². The number of hydrogen-bond donors (Lipinski definition) is 2. The minimum absolute atomic E-state index is 0.0278. The lowest BCUT2D eigenvalue weighted by Gasteiger charge is -2.15. The van der Waals surface area contributed by atoms with E-state index in [1.807, 2.05) is 25.1 Å². The van der Waals surface area contributed by atoms with Gasteiger partial charge < -0.3 is 9.47 Å². The van der Waals surface area contributed by atoms with E-state index in [4.69, 9.17) is 15.3 Å². The SMILES string of the molecule is COc1ccc(OC)c([C@@H](C)NN)c1. The summed E-state index contributed by atoms with van der Waals surface area (Å²) in [6.45, 7) is 1.96. The third-order valence-corrected chi connectivity index (χ3v) is 2.15. The van der Waals surface area contributed by atoms with E-state index in [0.717, 1.165) is 17.1 Å². The highest BCUT2D eigenvalue weighted by Crippen LogP contribution is 2.28. The quantitative estimate of drug-likeness (QED) is 0.561. The van der Waals surface area contributed by atoms with E-state index in [1.54, 1.807) is 14.2 Å². The molecule has 1 aromatic rings. The molecule has 0 spiro atoms. The summed E-state index contributed by atoms with van der Waals surface area (Å²) in [5.41, 5.74) is 3.65. The van der Waals surface area contributed by atoms with Crippen LogP contribution >= 0.6 is 0 Å². The highest BCUT2D eigenvalue weighted by Gasteiger charge is 2.10. The molecule has 1 atom stereocenters. The van der Waals surface area contributed by atoms with Crippen molar-refractivity contribution in [3.63, 3.8) is 0 Å². The Morgan fingerprint density at radius 3 is 2.50 bits per heavy atom. The van der Waals surface area contributed by atoms with Crippen LogP contribution in [0.3, 0.4) is 0 Å². The zero-order chi connectivity index (χ0) is 10.6. The summed E-state index contributed by atoms with van der Waals surface area (Å²) in [5, 5.41) is 0. The summed E-state index contributed by atoms with van der Waals surface area (Å²) >= 11 is 0. The first-order valence-electron chi connectivity index (χ1n) is 4.41. The van der Waals surface area contributed by atoms with Gasteiger partial charge in [-0.1, -0.05) is 0 Å². The second kappa shape index (κ2) is 4.83. The number of rotatable bonds is 4. The molecule has 3 N–H and O–H groups in total. The van der Waals surface area contributed by atoms with Crippen molar-refractivity contribution >= 4 is 0 Å². The second-order valence-corrected chi connectivity index (χ2v) is 3.00. The fourth-order valence-corrected chi connectivity index (χ4v) is 1.27. The molecule has 0 saturated heterocycles. The van der Waals surface area contributed by atoms with Crippen molar-refractivity contribution in [2.24, 2.45) is 5.84 Å². The van der Waals surface area contributed by atoms with Crippen molar-refractivity contribution in [2.45, 2.75) is 13.0 Å². The molecule has 0 aliphatic rings. The zero-order valence-electron chi connectivity index (χ0n) is 8.70. The fourth-order valence-electron chi connectivity index (χ4n) is 1.27. The molecule has 4 heteroatoms. The molecule has 0 aliphatic carbocycles. The Bertz CT molecular complexity index is 302. The van der Waals surface area contributed by atoms with E-state index in [1.165, 1.54) is 0 Å². The Kier molecular flexibility index (Phi) is 3.73. The predicted octanol–water partition coefficient (Wildman–Crippen LogP) is 1.23. The van der Waals surface area contributed by atoms with Crippen LogP contribution in [-0.4, -0.2) is 14.2 Å². The van der Waals surface area contributed by atoms with Crippen LogP contribution in [0.4, 0.5) is 0 Å². The van der Waals surface area contributed by atoms with E-state index >= 15 is 0 Å². The minimum atomic E-state index is 0.0278. The summed E-state index contributed by atoms with van der Waals surface area (Å²) in [6, 6.07) is 5.65. The van der Waals surface area contributed by atoms with E-state index in [0.29, 0.717) is 0 Å². The maximum atomic E-state index is 5.37. The average molecular weight is 196 g/mol. The van der Waals surface area contributed by atoms with Gasteiger partial charge in [0.2, 0.25) is 0 Å². The lowest BCUT2D eigenvalue weighted by atomic mass is 10.1. The number of benzene rings is 1. The Labute approximate surface area is 84.0 Å². The van der Waals surface area contributed by atoms with Gasteiger partial charge >= 0.3 is 0 Å². The number of hydrogen-bond acceptors (Lipinski definition) is 4. The van der Waals surface area contributed by atoms with Crippen LogP contribution in [0.2, 0.25) is 0 Å². The average Bonchev–Trinajstić information content (AvgIpc) is 2.27. The number of methoxy groups -OCH3 is 2. The predicted molar refractivity (Wildman–Crippen MR) is 55.3 cm³/mol. The van der Waals surface area contributed by atoms with Gasteiger partial charge in [0.05, 0.1) is 14.2 Å². The monoisotopic (exact) mass is 196 g/mol. The number of nitrogens with two attached hydrogens (primary N) is 1. The van der Waals surface area contributed by atoms with Crippen LogP contribution in [0.1, 0.15) is 18.5 Å². The molecule has 78 valence electrons. The lowest BCUT2D eigenvalue weighted by Crippen LogP contribution is -2.25. The molecule has 0 saturated carbocycles. The molecule has 0 aliphatic heterocycles. The van der Waals surface area contributed by atoms with Crippen LogP contribution in [-0.2, 0) is 0 Å². The van der Waals surface area contributed by atoms with Crippen LogP contribution < -0.4 is 20.7 Å². The van der Waals surface area contributed by atoms with Crippen molar-refractivity contribution in [3.05, 3.63) is 23.8 Å². The first kappa shape index (κ1) is 10.8. The summed E-state index contributed by atoms with van der Waals surface area (Å²) in [6.07, 6.45) is 0. The highest BCUT2D eigenvalue weighted by molar-refractivity contribution is 5.41. The van der Waals surface area contributed by atoms with E-state index < -0.39 is 0 Å². The van der Waals surface area contributed by atoms with Crippen molar-refractivity contribution in [2.75, 3.05) is 14.2 Å². The molecule has 0 bridgehead atoms. The lowest BCUT2D eigenvalue weighted by molar-refractivity contribution is 0.392. The summed E-state index contributed by atoms with van der Waals surface area (Å²) < 4.78 is 10.3. The fraction of sp³-hybridized carbons (Fsp3) is 0.400. The molecule has 0 unspecified atom stereocenters. The van der Waals surface area contributed by atoms with Gasteiger partial charge in [-0.2, -0.15) is 0 Å². The summed E-state index contributed by atoms with van der Waals surface area (Å²) in [4.78, 5) is 0. The molecule has 0 heterocycles. The van der Waals surface area contributed by atoms with Gasteiger partial charge in [-0.25, -0.2) is 0 Å². The Balaban J connectivity index is 3.08. The van der Waals surface area contributed by atoms with E-state index in [2.05, 4.69) is 5.43 Å². The Morgan fingerprint density at radius 2 is 2.00 bits per heavy atom. The minimum Gasteiger partial charge on any atom is -0.497 e. The molecule has 14 heavy (non-hydrogen) atoms. The topological polar surface area (TPSA) is 56.5 Å². The van der Waals surface area contributed by atoms with Gasteiger partial charge in [0.15, 0.2) is 0 Å². The van der Waals surface area contributed by atoms with E-state index in [9.17, 15) is 0 Å². The number of hydrazine groups is 1. The van der Waals surface area contributed by atoms with Gasteiger partial charge in [0.1, 0.15) is 11.5 Å². The van der Waals surface area contributed by atoms with E-state index in [-0.39, 0.29) is 6.04 Å². The molecular weight excluding hydrogens is 180 g/mol. The molecular formula is C10H16N2O2. The van der Waals surface area contributed by atoms with Gasteiger partial charge in [0, 0.05) is 11.6 Å². The highest BCUT2D eigenvalue weighted by atomic mass is 16.5. The number of nitrogens with one attached hydrogen (secondary N) is 1. The van der Waals surface area contributed by atoms with Crippen molar-refractivity contribution in [1.82, 2.24) is 5.43 Å². The van der Waals surface area contributed by atoms with Gasteiger partial charge in [-0.15, -0.1) is 0 Å². The number of ether oxygens (including phenoxy) is 2. The zero-order valence-corrected chi connectivity index (χ0v) is 8.70. The Hall–Kier alpha value is -1.26. The summed E-state index contributed by atoms with van der Waals surface area (Å²) in [7, 11) is 3.26. The van der Waals surface area contributed by atoms with Crippen molar-refractivity contribution < 1.29 is 9.47 Å². The first-order valence-corrected chi connectivity index (χ1v) is 4.41.